The Kier molecular flexibility index (Phi) is 4.49. The zero-order valence-corrected chi connectivity index (χ0v) is 15.3. The minimum Gasteiger partial charge on any atom is -0.334 e. The molecular formula is C21H22N4O2. The van der Waals surface area contributed by atoms with E-state index in [1.165, 1.54) is 0 Å². The second-order valence-corrected chi connectivity index (χ2v) is 7.07. The Morgan fingerprint density at radius 1 is 1.11 bits per heavy atom. The third-order valence-electron chi connectivity index (χ3n) is 5.17. The van der Waals surface area contributed by atoms with E-state index in [0.29, 0.717) is 22.8 Å². The summed E-state index contributed by atoms with van der Waals surface area (Å²) in [4.78, 5) is 19.0. The van der Waals surface area contributed by atoms with Crippen LogP contribution in [-0.4, -0.2) is 23.1 Å². The Hall–Kier alpha value is -2.99. The average Bonchev–Trinajstić information content (AvgIpc) is 3.38. The van der Waals surface area contributed by atoms with Crippen molar-refractivity contribution < 1.29 is 9.32 Å². The number of carbonyl (C=O) groups excluding carboxylic acids is 1. The van der Waals surface area contributed by atoms with Crippen LogP contribution >= 0.6 is 0 Å². The van der Waals surface area contributed by atoms with Gasteiger partial charge in [-0.3, -0.25) is 4.79 Å². The summed E-state index contributed by atoms with van der Waals surface area (Å²) in [6.45, 7) is 0. The van der Waals surface area contributed by atoms with Crippen molar-refractivity contribution in [2.75, 3.05) is 11.9 Å². The number of carbonyl (C=O) groups is 1. The summed E-state index contributed by atoms with van der Waals surface area (Å²) in [7, 11) is 1.76. The fourth-order valence-electron chi connectivity index (χ4n) is 3.52. The zero-order chi connectivity index (χ0) is 18.9. The summed E-state index contributed by atoms with van der Waals surface area (Å²) in [6, 6.07) is 16.8. The third kappa shape index (κ3) is 3.36. The van der Waals surface area contributed by atoms with Gasteiger partial charge in [-0.05, 0) is 43.2 Å². The molecule has 0 bridgehead atoms. The second kappa shape index (κ2) is 6.96. The molecule has 0 radical (unpaired) electrons. The lowest BCUT2D eigenvalue weighted by Gasteiger charge is -2.18. The molecule has 6 nitrogen and oxygen atoms in total. The smallest absolute Gasteiger partial charge is 0.258 e. The number of nitrogens with two attached hydrogens (primary N) is 1. The van der Waals surface area contributed by atoms with Gasteiger partial charge in [-0.1, -0.05) is 42.3 Å². The lowest BCUT2D eigenvalue weighted by Crippen LogP contribution is -2.34. The lowest BCUT2D eigenvalue weighted by molar-refractivity contribution is 0.0993. The van der Waals surface area contributed by atoms with Crippen molar-refractivity contribution in [3.8, 4) is 11.5 Å². The van der Waals surface area contributed by atoms with E-state index in [1.807, 2.05) is 42.5 Å². The molecule has 27 heavy (non-hydrogen) atoms. The van der Waals surface area contributed by atoms with Crippen LogP contribution in [-0.2, 0) is 5.54 Å². The van der Waals surface area contributed by atoms with Gasteiger partial charge in [0.05, 0.1) is 5.54 Å². The van der Waals surface area contributed by atoms with E-state index in [0.717, 1.165) is 31.4 Å². The van der Waals surface area contributed by atoms with Crippen LogP contribution in [0.1, 0.15) is 41.9 Å². The Labute approximate surface area is 158 Å². The first-order valence-corrected chi connectivity index (χ1v) is 9.13. The molecule has 0 aliphatic heterocycles. The summed E-state index contributed by atoms with van der Waals surface area (Å²) in [6.07, 6.45) is 3.89. The van der Waals surface area contributed by atoms with Gasteiger partial charge in [0.1, 0.15) is 0 Å². The molecule has 1 fully saturated rings. The Morgan fingerprint density at radius 3 is 2.59 bits per heavy atom. The van der Waals surface area contributed by atoms with Crippen LogP contribution < -0.4 is 10.6 Å². The van der Waals surface area contributed by atoms with Crippen LogP contribution in [0.4, 0.5) is 5.69 Å². The van der Waals surface area contributed by atoms with E-state index < -0.39 is 5.54 Å². The van der Waals surface area contributed by atoms with Crippen molar-refractivity contribution in [2.24, 2.45) is 5.73 Å². The summed E-state index contributed by atoms with van der Waals surface area (Å²) < 4.78 is 5.44. The quantitative estimate of drug-likeness (QED) is 0.764. The summed E-state index contributed by atoms with van der Waals surface area (Å²) in [5, 5.41) is 4.10. The number of amides is 1. The van der Waals surface area contributed by atoms with Crippen molar-refractivity contribution >= 4 is 11.6 Å². The fraction of sp³-hybridized carbons (Fsp3) is 0.286. The normalized spacial score (nSPS) is 15.6. The number of hydrogen-bond donors (Lipinski definition) is 1. The first-order valence-electron chi connectivity index (χ1n) is 9.13. The van der Waals surface area contributed by atoms with E-state index in [1.54, 1.807) is 24.1 Å². The van der Waals surface area contributed by atoms with Gasteiger partial charge in [-0.15, -0.1) is 0 Å². The van der Waals surface area contributed by atoms with Crippen LogP contribution in [0.2, 0.25) is 0 Å². The summed E-state index contributed by atoms with van der Waals surface area (Å²) >= 11 is 0. The van der Waals surface area contributed by atoms with E-state index in [-0.39, 0.29) is 5.91 Å². The third-order valence-corrected chi connectivity index (χ3v) is 5.17. The number of para-hydroxylation sites is 1. The van der Waals surface area contributed by atoms with Gasteiger partial charge in [-0.2, -0.15) is 4.98 Å². The molecule has 0 unspecified atom stereocenters. The molecule has 4 rings (SSSR count). The molecule has 0 spiro atoms. The molecule has 1 aliphatic rings. The average molecular weight is 362 g/mol. The molecule has 138 valence electrons. The Bertz CT molecular complexity index is 946. The van der Waals surface area contributed by atoms with E-state index in [4.69, 9.17) is 10.3 Å². The maximum Gasteiger partial charge on any atom is 0.258 e. The van der Waals surface area contributed by atoms with Gasteiger partial charge < -0.3 is 15.2 Å². The van der Waals surface area contributed by atoms with Crippen LogP contribution in [0.15, 0.2) is 59.1 Å². The number of benzene rings is 2. The minimum absolute atomic E-state index is 0.103. The first kappa shape index (κ1) is 17.4. The van der Waals surface area contributed by atoms with Gasteiger partial charge >= 0.3 is 0 Å². The Balaban J connectivity index is 1.60. The number of hydrogen-bond acceptors (Lipinski definition) is 5. The standard InChI is InChI=1S/C21H22N4O2/c1-25(17-10-3-2-4-11-17)19(26)16-9-7-8-15(14-16)18-23-20(24-27-18)21(22)12-5-6-13-21/h2-4,7-11,14H,5-6,12-13,22H2,1H3. The van der Waals surface area contributed by atoms with E-state index in [9.17, 15) is 4.79 Å². The zero-order valence-electron chi connectivity index (χ0n) is 15.3. The predicted molar refractivity (Wildman–Crippen MR) is 103 cm³/mol. The molecule has 3 aromatic rings. The minimum atomic E-state index is -0.497. The summed E-state index contributed by atoms with van der Waals surface area (Å²) in [5.74, 6) is 0.834. The number of rotatable bonds is 4. The highest BCUT2D eigenvalue weighted by atomic mass is 16.5. The SMILES string of the molecule is CN(C(=O)c1cccc(-c2nc(C3(N)CCCC3)no2)c1)c1ccccc1. The highest BCUT2D eigenvalue weighted by molar-refractivity contribution is 6.06. The molecule has 2 N–H and O–H groups in total. The number of aromatic nitrogens is 2. The molecular weight excluding hydrogens is 340 g/mol. The summed E-state index contributed by atoms with van der Waals surface area (Å²) in [5.41, 5.74) is 8.01. The molecule has 1 heterocycles. The highest BCUT2D eigenvalue weighted by Crippen LogP contribution is 2.35. The fourth-order valence-corrected chi connectivity index (χ4v) is 3.52. The molecule has 6 heteroatoms. The van der Waals surface area contributed by atoms with Gasteiger partial charge in [0.25, 0.3) is 11.8 Å². The Morgan fingerprint density at radius 2 is 1.85 bits per heavy atom. The molecule has 0 saturated heterocycles. The van der Waals surface area contributed by atoms with Gasteiger partial charge in [0.2, 0.25) is 0 Å². The van der Waals surface area contributed by atoms with Crippen LogP contribution in [0.3, 0.4) is 0 Å². The predicted octanol–water partition coefficient (Wildman–Crippen LogP) is 3.74. The van der Waals surface area contributed by atoms with Crippen LogP contribution in [0, 0.1) is 0 Å². The molecule has 2 aromatic carbocycles. The van der Waals surface area contributed by atoms with Gasteiger partial charge in [0, 0.05) is 23.9 Å². The van der Waals surface area contributed by atoms with Gasteiger partial charge in [0.15, 0.2) is 5.82 Å². The maximum absolute atomic E-state index is 12.8. The van der Waals surface area contributed by atoms with Crippen LogP contribution in [0.5, 0.6) is 0 Å². The molecule has 1 saturated carbocycles. The molecule has 1 amide bonds. The largest absolute Gasteiger partial charge is 0.334 e. The van der Waals surface area contributed by atoms with Gasteiger partial charge in [-0.25, -0.2) is 0 Å². The second-order valence-electron chi connectivity index (χ2n) is 7.07. The van der Waals surface area contributed by atoms with Crippen molar-refractivity contribution in [1.29, 1.82) is 0 Å². The van der Waals surface area contributed by atoms with Crippen molar-refractivity contribution in [2.45, 2.75) is 31.2 Å². The van der Waals surface area contributed by atoms with Crippen LogP contribution in [0.25, 0.3) is 11.5 Å². The lowest BCUT2D eigenvalue weighted by atomic mass is 9.98. The molecule has 0 atom stereocenters. The van der Waals surface area contributed by atoms with E-state index in [2.05, 4.69) is 10.1 Å². The molecule has 1 aliphatic carbocycles. The molecule has 1 aromatic heterocycles. The number of nitrogens with zero attached hydrogens (tertiary/aromatic N) is 3. The van der Waals surface area contributed by atoms with E-state index >= 15 is 0 Å². The van der Waals surface area contributed by atoms with Crippen molar-refractivity contribution in [3.05, 3.63) is 66.0 Å². The van der Waals surface area contributed by atoms with Crippen molar-refractivity contribution in [3.63, 3.8) is 0 Å². The highest BCUT2D eigenvalue weighted by Gasteiger charge is 2.36. The van der Waals surface area contributed by atoms with Crippen molar-refractivity contribution in [1.82, 2.24) is 10.1 Å². The monoisotopic (exact) mass is 362 g/mol. The topological polar surface area (TPSA) is 85.2 Å². The maximum atomic E-state index is 12.8. The first-order chi connectivity index (χ1) is 13.1. The number of anilines is 1.